The summed E-state index contributed by atoms with van der Waals surface area (Å²) in [6, 6.07) is 10.1. The second-order valence-electron chi connectivity index (χ2n) is 11.1. The van der Waals surface area contributed by atoms with Gasteiger partial charge in [0, 0.05) is 39.2 Å². The number of benzene rings is 2. The molecule has 0 aliphatic heterocycles. The quantitative estimate of drug-likeness (QED) is 0.147. The molecule has 3 heterocycles. The van der Waals surface area contributed by atoms with Crippen molar-refractivity contribution in [1.29, 1.82) is 0 Å². The van der Waals surface area contributed by atoms with Crippen molar-refractivity contribution < 1.29 is 33.0 Å². The number of aromatic nitrogens is 3. The lowest BCUT2D eigenvalue weighted by molar-refractivity contribution is -0.117. The predicted octanol–water partition coefficient (Wildman–Crippen LogP) is 5.53. The van der Waals surface area contributed by atoms with Gasteiger partial charge in [-0.25, -0.2) is 13.8 Å². The van der Waals surface area contributed by atoms with Crippen molar-refractivity contribution in [3.8, 4) is 22.8 Å². The minimum absolute atomic E-state index is 0.0151. The van der Waals surface area contributed by atoms with Crippen LogP contribution in [-0.4, -0.2) is 51.9 Å². The number of aliphatic hydroxyl groups is 1. The molecule has 1 aliphatic carbocycles. The maximum atomic E-state index is 15.3. The number of hydrogen-bond acceptors (Lipinski definition) is 8. The van der Waals surface area contributed by atoms with E-state index < -0.39 is 29.0 Å². The van der Waals surface area contributed by atoms with Crippen LogP contribution in [-0.2, 0) is 16.8 Å². The van der Waals surface area contributed by atoms with E-state index >= 15 is 4.39 Å². The molecule has 3 aromatic heterocycles. The fourth-order valence-electron chi connectivity index (χ4n) is 5.37. The number of pyridine rings is 1. The van der Waals surface area contributed by atoms with E-state index in [4.69, 9.17) is 26.8 Å². The van der Waals surface area contributed by atoms with Gasteiger partial charge in [-0.3, -0.25) is 14.3 Å². The zero-order valence-corrected chi connectivity index (χ0v) is 26.9. The molecule has 5 aromatic rings. The van der Waals surface area contributed by atoms with E-state index in [1.807, 2.05) is 10.9 Å². The van der Waals surface area contributed by atoms with Crippen molar-refractivity contribution in [1.82, 2.24) is 20.1 Å². The number of carbonyl (C=O) groups is 2. The monoisotopic (exact) mass is 681 g/mol. The van der Waals surface area contributed by atoms with Crippen LogP contribution in [0.1, 0.15) is 52.3 Å². The van der Waals surface area contributed by atoms with Gasteiger partial charge in [0.15, 0.2) is 5.60 Å². The van der Waals surface area contributed by atoms with Crippen LogP contribution in [0.5, 0.6) is 11.5 Å². The van der Waals surface area contributed by atoms with E-state index in [1.54, 1.807) is 36.6 Å². The smallest absolute Gasteiger partial charge is 0.251 e. The lowest BCUT2D eigenvalue weighted by Crippen LogP contribution is -2.42. The normalized spacial score (nSPS) is 14.2. The van der Waals surface area contributed by atoms with E-state index in [0.717, 1.165) is 24.3 Å². The Bertz CT molecular complexity index is 2000. The number of fused-ring (bicyclic) bond motifs is 1. The molecule has 1 aliphatic rings. The minimum atomic E-state index is -1.99. The Kier molecular flexibility index (Phi) is 8.88. The summed E-state index contributed by atoms with van der Waals surface area (Å²) >= 11 is 7.22. The molecule has 14 heteroatoms. The van der Waals surface area contributed by atoms with Crippen LogP contribution in [0, 0.1) is 11.6 Å². The van der Waals surface area contributed by atoms with Crippen molar-refractivity contribution in [3.63, 3.8) is 0 Å². The molecular weight excluding hydrogens is 652 g/mol. The maximum Gasteiger partial charge on any atom is 0.251 e. The first-order valence-electron chi connectivity index (χ1n) is 14.7. The Morgan fingerprint density at radius 2 is 2.00 bits per heavy atom. The average molecular weight is 682 g/mol. The van der Waals surface area contributed by atoms with Crippen LogP contribution in [0.3, 0.4) is 0 Å². The van der Waals surface area contributed by atoms with Gasteiger partial charge in [0.1, 0.15) is 34.3 Å². The molecule has 4 N–H and O–H groups in total. The second-order valence-corrected chi connectivity index (χ2v) is 12.5. The number of ether oxygens (including phenoxy) is 2. The number of methoxy groups -OCH3 is 1. The van der Waals surface area contributed by atoms with E-state index in [1.165, 1.54) is 24.5 Å². The number of nitrogens with one attached hydrogen (secondary N) is 1. The van der Waals surface area contributed by atoms with Crippen molar-refractivity contribution in [3.05, 3.63) is 92.4 Å². The zero-order valence-electron chi connectivity index (χ0n) is 25.4. The summed E-state index contributed by atoms with van der Waals surface area (Å²) in [5.74, 6) is -2.78. The van der Waals surface area contributed by atoms with Crippen molar-refractivity contribution in [2.24, 2.45) is 5.73 Å². The molecule has 0 radical (unpaired) electrons. The van der Waals surface area contributed by atoms with E-state index in [-0.39, 0.29) is 58.4 Å². The number of carbonyl (C=O) groups excluding carboxylic acids is 2. The summed E-state index contributed by atoms with van der Waals surface area (Å²) in [5.41, 5.74) is 4.27. The Morgan fingerprint density at radius 1 is 1.21 bits per heavy atom. The molecule has 10 nitrogen and oxygen atoms in total. The van der Waals surface area contributed by atoms with Gasteiger partial charge < -0.3 is 25.6 Å². The van der Waals surface area contributed by atoms with Gasteiger partial charge in [-0.15, -0.1) is 11.3 Å². The Labute approximate surface area is 277 Å². The second kappa shape index (κ2) is 12.9. The Hall–Kier alpha value is -4.59. The molecule has 2 aromatic carbocycles. The molecule has 0 bridgehead atoms. The lowest BCUT2D eigenvalue weighted by Gasteiger charge is -2.29. The van der Waals surface area contributed by atoms with Gasteiger partial charge in [-0.05, 0) is 55.5 Å². The molecule has 244 valence electrons. The molecule has 0 unspecified atom stereocenters. The summed E-state index contributed by atoms with van der Waals surface area (Å²) in [4.78, 5) is 30.8. The summed E-state index contributed by atoms with van der Waals surface area (Å²) < 4.78 is 42.6. The molecule has 1 fully saturated rings. The highest BCUT2D eigenvalue weighted by atomic mass is 35.5. The maximum absolute atomic E-state index is 15.3. The minimum Gasteiger partial charge on any atom is -0.494 e. The number of thiophene rings is 1. The molecular formula is C33H30ClF2N5O5S. The molecule has 1 saturated carbocycles. The van der Waals surface area contributed by atoms with Crippen molar-refractivity contribution in [2.45, 2.75) is 37.8 Å². The SMILES string of the molecule is CCOc1c(CC(N)=O)cc([C@@](O)(CNC(=O)c2cc(OC)c3nn(C4CC4)cc3c2)c2cccs2)nc1-c1cc(Cl)c(F)cc1F. The van der Waals surface area contributed by atoms with Gasteiger partial charge >= 0.3 is 0 Å². The summed E-state index contributed by atoms with van der Waals surface area (Å²) in [6.45, 7) is 1.41. The third-order valence-electron chi connectivity index (χ3n) is 7.82. The van der Waals surface area contributed by atoms with E-state index in [0.29, 0.717) is 28.3 Å². The van der Waals surface area contributed by atoms with Crippen LogP contribution in [0.15, 0.2) is 54.0 Å². The largest absolute Gasteiger partial charge is 0.494 e. The third kappa shape index (κ3) is 6.38. The fraction of sp³-hybridized carbons (Fsp3) is 0.273. The molecule has 47 heavy (non-hydrogen) atoms. The molecule has 2 amide bonds. The third-order valence-corrected chi connectivity index (χ3v) is 9.13. The zero-order chi connectivity index (χ0) is 33.5. The molecule has 0 spiro atoms. The number of amides is 2. The number of rotatable bonds is 12. The van der Waals surface area contributed by atoms with Gasteiger partial charge in [-0.2, -0.15) is 5.10 Å². The highest BCUT2D eigenvalue weighted by Gasteiger charge is 2.37. The standard InChI is InChI=1S/C33H30ClF2N5O5S/c1-3-46-31-17(12-28(37)42)11-26(39-30(31)21-13-22(34)24(36)14-23(21)35)33(44,27-5-4-8-47-27)16-38-32(43)18-9-19-15-41(20-6-7-20)40-29(19)25(10-18)45-2/h4-5,8-11,13-15,20,44H,3,6-7,12,16H2,1-2H3,(H2,37,42)(H,38,43)/t33-/m0/s1. The Balaban J connectivity index is 1.43. The summed E-state index contributed by atoms with van der Waals surface area (Å²) in [7, 11) is 1.50. The Morgan fingerprint density at radius 3 is 2.66 bits per heavy atom. The first-order valence-corrected chi connectivity index (χ1v) is 16.0. The molecule has 6 rings (SSSR count). The van der Waals surface area contributed by atoms with Crippen LogP contribution in [0.2, 0.25) is 5.02 Å². The summed E-state index contributed by atoms with van der Waals surface area (Å²) in [6.07, 6.45) is 3.60. The van der Waals surface area contributed by atoms with Crippen molar-refractivity contribution in [2.75, 3.05) is 20.3 Å². The highest BCUT2D eigenvalue weighted by molar-refractivity contribution is 7.10. The number of hydrogen-bond donors (Lipinski definition) is 3. The van der Waals surface area contributed by atoms with Gasteiger partial charge in [0.25, 0.3) is 5.91 Å². The van der Waals surface area contributed by atoms with E-state index in [2.05, 4.69) is 15.4 Å². The number of halogens is 3. The van der Waals surface area contributed by atoms with E-state index in [9.17, 15) is 19.1 Å². The first-order chi connectivity index (χ1) is 22.5. The molecule has 1 atom stereocenters. The van der Waals surface area contributed by atoms with Crippen molar-refractivity contribution >= 4 is 45.7 Å². The van der Waals surface area contributed by atoms with Crippen LogP contribution >= 0.6 is 22.9 Å². The van der Waals surface area contributed by atoms with Gasteiger partial charge in [0.05, 0.1) is 43.4 Å². The van der Waals surface area contributed by atoms with Crippen LogP contribution in [0.25, 0.3) is 22.2 Å². The lowest BCUT2D eigenvalue weighted by atomic mass is 9.92. The molecule has 0 saturated heterocycles. The number of nitrogens with two attached hydrogens (primary N) is 1. The predicted molar refractivity (Wildman–Crippen MR) is 173 cm³/mol. The number of primary amides is 1. The first kappa shape index (κ1) is 32.4. The average Bonchev–Trinajstić information content (AvgIpc) is 3.55. The van der Waals surface area contributed by atoms with Crippen LogP contribution < -0.4 is 20.5 Å². The fourth-order valence-corrected chi connectivity index (χ4v) is 6.37. The highest BCUT2D eigenvalue weighted by Crippen LogP contribution is 2.41. The van der Waals surface area contributed by atoms with Gasteiger partial charge in [0.2, 0.25) is 5.91 Å². The van der Waals surface area contributed by atoms with Gasteiger partial charge in [-0.1, -0.05) is 17.7 Å². The summed E-state index contributed by atoms with van der Waals surface area (Å²) in [5, 5.41) is 21.9. The number of nitrogens with zero attached hydrogens (tertiary/aromatic N) is 3. The topological polar surface area (TPSA) is 142 Å². The van der Waals surface area contributed by atoms with Crippen LogP contribution in [0.4, 0.5) is 8.78 Å².